The number of hydrogen-bond acceptors (Lipinski definition) is 3. The number of halogens is 1. The van der Waals surface area contributed by atoms with Gasteiger partial charge >= 0.3 is 0 Å². The fourth-order valence-corrected chi connectivity index (χ4v) is 0.930. The molecule has 1 aromatic carbocycles. The van der Waals surface area contributed by atoms with Gasteiger partial charge in [-0.25, -0.2) is 4.39 Å². The predicted octanol–water partition coefficient (Wildman–Crippen LogP) is 0.610. The zero-order valence-electron chi connectivity index (χ0n) is 7.33. The Labute approximate surface area is 80.4 Å². The van der Waals surface area contributed by atoms with Gasteiger partial charge in [0.15, 0.2) is 0 Å². The summed E-state index contributed by atoms with van der Waals surface area (Å²) >= 11 is 0. The molecule has 0 aromatic heterocycles. The lowest BCUT2D eigenvalue weighted by Gasteiger charge is -2.01. The van der Waals surface area contributed by atoms with Crippen molar-refractivity contribution in [3.63, 3.8) is 0 Å². The molecule has 0 unspecified atom stereocenters. The van der Waals surface area contributed by atoms with E-state index in [1.54, 1.807) is 6.07 Å². The van der Waals surface area contributed by atoms with Crippen molar-refractivity contribution in [2.75, 3.05) is 5.43 Å². The van der Waals surface area contributed by atoms with Crippen LogP contribution in [0.4, 0.5) is 10.1 Å². The molecule has 0 bridgehead atoms. The molecule has 1 rings (SSSR count). The van der Waals surface area contributed by atoms with E-state index < -0.39 is 11.7 Å². The van der Waals surface area contributed by atoms with Crippen LogP contribution in [0.1, 0.15) is 5.56 Å². The molecule has 14 heavy (non-hydrogen) atoms. The number of anilines is 1. The van der Waals surface area contributed by atoms with Crippen molar-refractivity contribution in [2.24, 2.45) is 11.6 Å². The molecule has 0 radical (unpaired) electrons. The topological polar surface area (TPSA) is 81.1 Å². The highest BCUT2D eigenvalue weighted by atomic mass is 19.1. The van der Waals surface area contributed by atoms with Gasteiger partial charge in [0.2, 0.25) is 5.91 Å². The van der Waals surface area contributed by atoms with Crippen molar-refractivity contribution in [1.29, 1.82) is 0 Å². The van der Waals surface area contributed by atoms with E-state index in [2.05, 4.69) is 5.43 Å². The van der Waals surface area contributed by atoms with Gasteiger partial charge in [-0.1, -0.05) is 6.07 Å². The fraction of sp³-hybridized carbons (Fsp3) is 0. The fourth-order valence-electron chi connectivity index (χ4n) is 0.930. The summed E-state index contributed by atoms with van der Waals surface area (Å²) in [5.74, 6) is 3.98. The van der Waals surface area contributed by atoms with E-state index in [0.717, 1.165) is 6.08 Å². The first-order valence-electron chi connectivity index (χ1n) is 3.87. The first-order valence-corrected chi connectivity index (χ1v) is 3.87. The summed E-state index contributed by atoms with van der Waals surface area (Å²) < 4.78 is 13.1. The lowest BCUT2D eigenvalue weighted by Crippen LogP contribution is -2.08. The first kappa shape index (κ1) is 10.2. The largest absolute Gasteiger partial charge is 0.366 e. The van der Waals surface area contributed by atoms with Crippen molar-refractivity contribution < 1.29 is 9.18 Å². The molecule has 5 heteroatoms. The van der Waals surface area contributed by atoms with Crippen molar-refractivity contribution in [1.82, 2.24) is 0 Å². The predicted molar refractivity (Wildman–Crippen MR) is 52.4 cm³/mol. The van der Waals surface area contributed by atoms with Gasteiger partial charge < -0.3 is 11.2 Å². The van der Waals surface area contributed by atoms with Gasteiger partial charge in [-0.15, -0.1) is 0 Å². The molecule has 1 aromatic rings. The number of hydrazine groups is 1. The summed E-state index contributed by atoms with van der Waals surface area (Å²) in [6.45, 7) is 0. The number of hydrogen-bond donors (Lipinski definition) is 3. The lowest BCUT2D eigenvalue weighted by molar-refractivity contribution is -0.113. The van der Waals surface area contributed by atoms with Gasteiger partial charge in [-0.05, 0) is 23.8 Å². The van der Waals surface area contributed by atoms with E-state index in [9.17, 15) is 9.18 Å². The summed E-state index contributed by atoms with van der Waals surface area (Å²) in [6, 6.07) is 4.32. The van der Waals surface area contributed by atoms with Crippen LogP contribution in [-0.4, -0.2) is 5.91 Å². The number of nitrogen functional groups attached to an aromatic ring is 1. The zero-order valence-corrected chi connectivity index (χ0v) is 7.33. The number of benzene rings is 1. The number of amides is 1. The maximum Gasteiger partial charge on any atom is 0.241 e. The molecule has 0 heterocycles. The van der Waals surface area contributed by atoms with Crippen molar-refractivity contribution in [2.45, 2.75) is 0 Å². The Morgan fingerprint density at radius 2 is 2.21 bits per heavy atom. The summed E-state index contributed by atoms with van der Waals surface area (Å²) in [5, 5.41) is 0. The highest BCUT2D eigenvalue weighted by Gasteiger charge is 1.99. The lowest BCUT2D eigenvalue weighted by atomic mass is 10.2. The molecule has 0 fully saturated rings. The average Bonchev–Trinajstić information content (AvgIpc) is 2.15. The van der Waals surface area contributed by atoms with Crippen LogP contribution >= 0.6 is 0 Å². The van der Waals surface area contributed by atoms with Crippen LogP contribution in [0.15, 0.2) is 24.3 Å². The Kier molecular flexibility index (Phi) is 3.19. The molecule has 1 amide bonds. The molecule has 4 nitrogen and oxygen atoms in total. The maximum absolute atomic E-state index is 13.1. The highest BCUT2D eigenvalue weighted by molar-refractivity contribution is 5.90. The number of nitrogens with one attached hydrogen (secondary N) is 1. The Morgan fingerprint density at radius 3 is 2.71 bits per heavy atom. The van der Waals surface area contributed by atoms with Gasteiger partial charge in [0.1, 0.15) is 5.82 Å². The van der Waals surface area contributed by atoms with E-state index in [-0.39, 0.29) is 5.69 Å². The number of nitrogens with two attached hydrogens (primary N) is 2. The Bertz CT molecular complexity index is 376. The molecule has 0 saturated carbocycles. The quantitative estimate of drug-likeness (QED) is 0.375. The molecule has 0 aliphatic rings. The third kappa shape index (κ3) is 2.56. The van der Waals surface area contributed by atoms with Gasteiger partial charge in [-0.2, -0.15) is 0 Å². The molecule has 5 N–H and O–H groups in total. The van der Waals surface area contributed by atoms with Crippen molar-refractivity contribution in [3.8, 4) is 0 Å². The molecule has 0 spiro atoms. The molecule has 0 aliphatic heterocycles. The van der Waals surface area contributed by atoms with Crippen LogP contribution in [0, 0.1) is 5.82 Å². The van der Waals surface area contributed by atoms with E-state index in [4.69, 9.17) is 11.6 Å². The average molecular weight is 195 g/mol. The Morgan fingerprint density at radius 1 is 1.50 bits per heavy atom. The molecule has 74 valence electrons. The van der Waals surface area contributed by atoms with Gasteiger partial charge in [0, 0.05) is 6.08 Å². The zero-order chi connectivity index (χ0) is 10.6. The Balaban J connectivity index is 2.91. The number of carbonyl (C=O) groups is 1. The van der Waals surface area contributed by atoms with Crippen LogP contribution < -0.4 is 17.0 Å². The molecular weight excluding hydrogens is 185 g/mol. The highest BCUT2D eigenvalue weighted by Crippen LogP contribution is 2.15. The minimum Gasteiger partial charge on any atom is -0.366 e. The van der Waals surface area contributed by atoms with Crippen LogP contribution in [-0.2, 0) is 4.79 Å². The summed E-state index contributed by atoms with van der Waals surface area (Å²) in [7, 11) is 0. The van der Waals surface area contributed by atoms with E-state index in [1.165, 1.54) is 18.2 Å². The van der Waals surface area contributed by atoms with E-state index in [1.807, 2.05) is 0 Å². The van der Waals surface area contributed by atoms with E-state index >= 15 is 0 Å². The second-order valence-corrected chi connectivity index (χ2v) is 2.62. The minimum absolute atomic E-state index is 0.196. The SMILES string of the molecule is NNc1ccc(C=CC(N)=O)cc1F. The van der Waals surface area contributed by atoms with Crippen LogP contribution in [0.5, 0.6) is 0 Å². The van der Waals surface area contributed by atoms with Crippen molar-refractivity contribution in [3.05, 3.63) is 35.7 Å². The van der Waals surface area contributed by atoms with E-state index in [0.29, 0.717) is 5.56 Å². The molecule has 0 aliphatic carbocycles. The third-order valence-electron chi connectivity index (χ3n) is 1.59. The number of rotatable bonds is 3. The molecule has 0 saturated heterocycles. The minimum atomic E-state index is -0.577. The van der Waals surface area contributed by atoms with Crippen LogP contribution in [0.25, 0.3) is 6.08 Å². The van der Waals surface area contributed by atoms with Gasteiger partial charge in [-0.3, -0.25) is 10.6 Å². The number of carbonyl (C=O) groups excluding carboxylic acids is 1. The second kappa shape index (κ2) is 4.38. The first-order chi connectivity index (χ1) is 6.63. The molecule has 0 atom stereocenters. The summed E-state index contributed by atoms with van der Waals surface area (Å²) in [4.78, 5) is 10.4. The van der Waals surface area contributed by atoms with Gasteiger partial charge in [0.25, 0.3) is 0 Å². The summed E-state index contributed by atoms with van der Waals surface area (Å²) in [5.41, 5.74) is 7.82. The third-order valence-corrected chi connectivity index (χ3v) is 1.59. The van der Waals surface area contributed by atoms with Crippen LogP contribution in [0.2, 0.25) is 0 Å². The monoisotopic (exact) mass is 195 g/mol. The second-order valence-electron chi connectivity index (χ2n) is 2.62. The van der Waals surface area contributed by atoms with Crippen LogP contribution in [0.3, 0.4) is 0 Å². The summed E-state index contributed by atoms with van der Waals surface area (Å²) in [6.07, 6.45) is 2.58. The molecular formula is C9H10FN3O. The Hall–Kier alpha value is -1.88. The standard InChI is InChI=1S/C9H10FN3O/c10-7-5-6(2-4-9(11)14)1-3-8(7)13-12/h1-5,13H,12H2,(H2,11,14). The maximum atomic E-state index is 13.1. The normalized spacial score (nSPS) is 10.4. The number of primary amides is 1. The smallest absolute Gasteiger partial charge is 0.241 e. The van der Waals surface area contributed by atoms with Crippen molar-refractivity contribution >= 4 is 17.7 Å². The van der Waals surface area contributed by atoms with Gasteiger partial charge in [0.05, 0.1) is 5.69 Å².